The van der Waals surface area contributed by atoms with Crippen molar-refractivity contribution < 1.29 is 9.00 Å². The number of nitrogens with one attached hydrogen (secondary N) is 1. The van der Waals surface area contributed by atoms with E-state index >= 15 is 0 Å². The molecule has 0 unspecified atom stereocenters. The van der Waals surface area contributed by atoms with E-state index in [-0.39, 0.29) is 5.91 Å². The Hall–Kier alpha value is -1.07. The molecule has 0 radical (unpaired) electrons. The van der Waals surface area contributed by atoms with Gasteiger partial charge < -0.3 is 10.2 Å². The van der Waals surface area contributed by atoms with Gasteiger partial charge in [0.2, 0.25) is 0 Å². The molecule has 0 saturated carbocycles. The molecule has 1 aliphatic heterocycles. The van der Waals surface area contributed by atoms with Gasteiger partial charge in [0.1, 0.15) is 0 Å². The molecule has 6 heteroatoms. The third-order valence-electron chi connectivity index (χ3n) is 4.06. The predicted molar refractivity (Wildman–Crippen MR) is 93.2 cm³/mol. The summed E-state index contributed by atoms with van der Waals surface area (Å²) in [7, 11) is -0.796. The van der Waals surface area contributed by atoms with E-state index in [1.165, 1.54) is 0 Å². The lowest BCUT2D eigenvalue weighted by Gasteiger charge is -2.27. The van der Waals surface area contributed by atoms with Crippen molar-refractivity contribution in [2.45, 2.75) is 26.8 Å². The van der Waals surface area contributed by atoms with Crippen LogP contribution in [0.3, 0.4) is 0 Å². The number of halogens is 1. The van der Waals surface area contributed by atoms with Crippen LogP contribution in [0.4, 0.5) is 5.69 Å². The monoisotopic (exact) mass is 342 g/mol. The number of rotatable bonds is 4. The molecule has 1 atom stereocenters. The Bertz CT molecular complexity index is 567. The molecule has 1 fully saturated rings. The first-order valence-electron chi connectivity index (χ1n) is 7.59. The van der Waals surface area contributed by atoms with Crippen molar-refractivity contribution in [3.8, 4) is 0 Å². The Morgan fingerprint density at radius 1 is 1.27 bits per heavy atom. The number of anilines is 1. The third kappa shape index (κ3) is 4.23. The van der Waals surface area contributed by atoms with Gasteiger partial charge in [0.15, 0.2) is 0 Å². The molecule has 122 valence electrons. The van der Waals surface area contributed by atoms with Crippen molar-refractivity contribution in [3.05, 3.63) is 28.8 Å². The number of hydrogen-bond donors (Lipinski definition) is 1. The normalized spacial score (nSPS) is 17.6. The quantitative estimate of drug-likeness (QED) is 0.915. The molecule has 1 amide bonds. The smallest absolute Gasteiger partial charge is 0.255 e. The van der Waals surface area contributed by atoms with Gasteiger partial charge in [-0.05, 0) is 31.0 Å². The Balaban J connectivity index is 2.15. The van der Waals surface area contributed by atoms with Crippen LogP contribution < -0.4 is 5.32 Å². The van der Waals surface area contributed by atoms with Crippen molar-refractivity contribution in [2.24, 2.45) is 5.92 Å². The van der Waals surface area contributed by atoms with Crippen LogP contribution in [0, 0.1) is 5.92 Å². The van der Waals surface area contributed by atoms with Crippen LogP contribution in [0.15, 0.2) is 18.2 Å². The Morgan fingerprint density at radius 3 is 2.50 bits per heavy atom. The largest absolute Gasteiger partial charge is 0.382 e. The molecular weight excluding hydrogens is 320 g/mol. The summed E-state index contributed by atoms with van der Waals surface area (Å²) in [6, 6.07) is 5.77. The molecule has 0 aromatic heterocycles. The van der Waals surface area contributed by atoms with Gasteiger partial charge in [0.25, 0.3) is 5.91 Å². The molecule has 0 bridgehead atoms. The van der Waals surface area contributed by atoms with Crippen LogP contribution in [0.5, 0.6) is 0 Å². The minimum Gasteiger partial charge on any atom is -0.382 e. The molecule has 0 spiro atoms. The van der Waals surface area contributed by atoms with Gasteiger partial charge >= 0.3 is 0 Å². The second kappa shape index (κ2) is 7.47. The molecule has 1 saturated heterocycles. The van der Waals surface area contributed by atoms with Crippen LogP contribution >= 0.6 is 11.6 Å². The maximum absolute atomic E-state index is 12.6. The number of hydrogen-bond acceptors (Lipinski definition) is 3. The van der Waals surface area contributed by atoms with E-state index in [1.807, 2.05) is 12.1 Å². The van der Waals surface area contributed by atoms with E-state index < -0.39 is 10.8 Å². The first kappa shape index (κ1) is 17.3. The van der Waals surface area contributed by atoms with E-state index in [0.29, 0.717) is 47.1 Å². The number of amides is 1. The van der Waals surface area contributed by atoms with Gasteiger partial charge in [0, 0.05) is 47.1 Å². The number of carbonyl (C=O) groups is 1. The zero-order valence-electron chi connectivity index (χ0n) is 13.3. The predicted octanol–water partition coefficient (Wildman–Crippen LogP) is 3.00. The zero-order chi connectivity index (χ0) is 16.3. The van der Waals surface area contributed by atoms with Crippen LogP contribution in [0.2, 0.25) is 5.02 Å². The first-order valence-corrected chi connectivity index (χ1v) is 9.45. The fourth-order valence-electron chi connectivity index (χ4n) is 2.22. The van der Waals surface area contributed by atoms with E-state index in [1.54, 1.807) is 11.0 Å². The topological polar surface area (TPSA) is 49.4 Å². The maximum Gasteiger partial charge on any atom is 0.255 e. The molecular formula is C16H23ClN2O2S. The average Bonchev–Trinajstić information content (AvgIpc) is 2.49. The number of benzene rings is 1. The Kier molecular flexibility index (Phi) is 5.87. The fourth-order valence-corrected chi connectivity index (χ4v) is 3.47. The van der Waals surface area contributed by atoms with Crippen LogP contribution in [-0.2, 0) is 10.8 Å². The molecule has 22 heavy (non-hydrogen) atoms. The van der Waals surface area contributed by atoms with Gasteiger partial charge in [-0.1, -0.05) is 25.4 Å². The minimum atomic E-state index is -0.796. The highest BCUT2D eigenvalue weighted by Gasteiger charge is 2.23. The summed E-state index contributed by atoms with van der Waals surface area (Å²) >= 11 is 6.20. The SMILES string of the molecule is CC(C)[C@@H](C)Nc1ccc(Cl)c(C(=O)N2CCS(=O)CC2)c1. The molecule has 1 aliphatic rings. The molecule has 0 aliphatic carbocycles. The molecule has 2 rings (SSSR count). The highest BCUT2D eigenvalue weighted by molar-refractivity contribution is 7.85. The average molecular weight is 343 g/mol. The Labute approximate surface area is 139 Å². The van der Waals surface area contributed by atoms with Crippen molar-refractivity contribution >= 4 is 34.0 Å². The van der Waals surface area contributed by atoms with Gasteiger partial charge in [-0.3, -0.25) is 9.00 Å². The fraction of sp³-hybridized carbons (Fsp3) is 0.562. The van der Waals surface area contributed by atoms with Crippen molar-refractivity contribution in [3.63, 3.8) is 0 Å². The van der Waals surface area contributed by atoms with E-state index in [0.717, 1.165) is 5.69 Å². The molecule has 4 nitrogen and oxygen atoms in total. The lowest BCUT2D eigenvalue weighted by atomic mass is 10.1. The number of nitrogens with zero attached hydrogens (tertiary/aromatic N) is 1. The zero-order valence-corrected chi connectivity index (χ0v) is 14.8. The van der Waals surface area contributed by atoms with Gasteiger partial charge in [-0.2, -0.15) is 0 Å². The third-order valence-corrected chi connectivity index (χ3v) is 5.66. The highest BCUT2D eigenvalue weighted by atomic mass is 35.5. The number of carbonyl (C=O) groups excluding carboxylic acids is 1. The van der Waals surface area contributed by atoms with Crippen LogP contribution in [0.1, 0.15) is 31.1 Å². The highest BCUT2D eigenvalue weighted by Crippen LogP contribution is 2.24. The standard InChI is InChI=1S/C16H23ClN2O2S/c1-11(2)12(3)18-13-4-5-15(17)14(10-13)16(20)19-6-8-22(21)9-7-19/h4-5,10-12,18H,6-9H2,1-3H3/t12-/m1/s1. The second-order valence-electron chi connectivity index (χ2n) is 6.01. The molecule has 1 heterocycles. The maximum atomic E-state index is 12.6. The van der Waals surface area contributed by atoms with Crippen molar-refractivity contribution in [1.82, 2.24) is 4.90 Å². The molecule has 1 N–H and O–H groups in total. The lowest BCUT2D eigenvalue weighted by molar-refractivity contribution is 0.0771. The van der Waals surface area contributed by atoms with Gasteiger partial charge in [-0.25, -0.2) is 0 Å². The van der Waals surface area contributed by atoms with Crippen LogP contribution in [-0.4, -0.2) is 45.7 Å². The summed E-state index contributed by atoms with van der Waals surface area (Å²) in [6.07, 6.45) is 0. The lowest BCUT2D eigenvalue weighted by Crippen LogP contribution is -2.41. The first-order chi connectivity index (χ1) is 10.4. The van der Waals surface area contributed by atoms with E-state index in [9.17, 15) is 9.00 Å². The summed E-state index contributed by atoms with van der Waals surface area (Å²) in [5.41, 5.74) is 1.41. The summed E-state index contributed by atoms with van der Waals surface area (Å²) in [6.45, 7) is 7.46. The minimum absolute atomic E-state index is 0.0810. The summed E-state index contributed by atoms with van der Waals surface area (Å²) < 4.78 is 11.4. The van der Waals surface area contributed by atoms with Gasteiger partial charge in [0.05, 0.1) is 10.6 Å². The van der Waals surface area contributed by atoms with E-state index in [2.05, 4.69) is 26.1 Å². The summed E-state index contributed by atoms with van der Waals surface area (Å²) in [4.78, 5) is 14.3. The Morgan fingerprint density at radius 2 is 1.91 bits per heavy atom. The van der Waals surface area contributed by atoms with Crippen molar-refractivity contribution in [2.75, 3.05) is 29.9 Å². The van der Waals surface area contributed by atoms with Gasteiger partial charge in [-0.15, -0.1) is 0 Å². The van der Waals surface area contributed by atoms with Crippen LogP contribution in [0.25, 0.3) is 0 Å². The molecule has 1 aromatic carbocycles. The summed E-state index contributed by atoms with van der Waals surface area (Å²) in [5.74, 6) is 1.51. The van der Waals surface area contributed by atoms with E-state index in [4.69, 9.17) is 11.6 Å². The second-order valence-corrected chi connectivity index (χ2v) is 8.12. The summed E-state index contributed by atoms with van der Waals surface area (Å²) in [5, 5.41) is 3.85. The van der Waals surface area contributed by atoms with Crippen molar-refractivity contribution in [1.29, 1.82) is 0 Å². The molecule has 1 aromatic rings.